The third-order valence-corrected chi connectivity index (χ3v) is 4.47. The van der Waals surface area contributed by atoms with Crippen LogP contribution < -0.4 is 10.6 Å². The molecular weight excluding hydrogens is 311 g/mol. The molecule has 2 aromatic rings. The van der Waals surface area contributed by atoms with Crippen LogP contribution in [0.1, 0.15) is 18.4 Å². The zero-order chi connectivity index (χ0) is 17.2. The Hall–Kier alpha value is -2.70. The van der Waals surface area contributed by atoms with E-state index in [1.54, 1.807) is 24.4 Å². The van der Waals surface area contributed by atoms with Crippen molar-refractivity contribution in [1.82, 2.24) is 9.97 Å². The number of hydrogen-bond acceptors (Lipinski definition) is 5. The predicted octanol–water partition coefficient (Wildman–Crippen LogP) is 2.11. The summed E-state index contributed by atoms with van der Waals surface area (Å²) in [5.74, 6) is -0.382. The first-order valence-electron chi connectivity index (χ1n) is 7.80. The average Bonchev–Trinajstić information content (AvgIpc) is 2.57. The first-order chi connectivity index (χ1) is 11.5. The molecule has 6 nitrogen and oxygen atoms in total. The smallest absolute Gasteiger partial charge is 0.311 e. The van der Waals surface area contributed by atoms with Crippen LogP contribution in [-0.2, 0) is 11.2 Å². The number of piperidine rings is 1. The molecule has 7 heteroatoms. The summed E-state index contributed by atoms with van der Waals surface area (Å²) in [6.45, 7) is 1.05. The highest BCUT2D eigenvalue weighted by Crippen LogP contribution is 2.35. The molecule has 0 saturated carbocycles. The highest BCUT2D eigenvalue weighted by Gasteiger charge is 2.42. The van der Waals surface area contributed by atoms with E-state index < -0.39 is 11.4 Å². The van der Waals surface area contributed by atoms with Crippen LogP contribution >= 0.6 is 0 Å². The maximum absolute atomic E-state index is 13.1. The number of carboxylic acids is 1. The summed E-state index contributed by atoms with van der Waals surface area (Å²) in [5, 5.41) is 9.87. The van der Waals surface area contributed by atoms with Gasteiger partial charge in [0.25, 0.3) is 0 Å². The van der Waals surface area contributed by atoms with Gasteiger partial charge in [-0.3, -0.25) is 4.79 Å². The molecule has 1 aliphatic heterocycles. The van der Waals surface area contributed by atoms with E-state index >= 15 is 0 Å². The topological polar surface area (TPSA) is 92.3 Å². The normalized spacial score (nSPS) is 20.8. The summed E-state index contributed by atoms with van der Waals surface area (Å²) in [7, 11) is 0. The molecule has 1 aromatic heterocycles. The molecule has 0 aliphatic carbocycles. The number of nitrogen functional groups attached to an aromatic ring is 1. The second-order valence-corrected chi connectivity index (χ2v) is 6.19. The molecule has 1 aromatic carbocycles. The van der Waals surface area contributed by atoms with Crippen LogP contribution in [0.2, 0.25) is 0 Å². The lowest BCUT2D eigenvalue weighted by Gasteiger charge is -2.40. The average molecular weight is 330 g/mol. The lowest BCUT2D eigenvalue weighted by molar-refractivity contribution is -0.149. The lowest BCUT2D eigenvalue weighted by atomic mass is 9.75. The Balaban J connectivity index is 1.86. The van der Waals surface area contributed by atoms with Crippen molar-refractivity contribution in [2.75, 3.05) is 23.7 Å². The monoisotopic (exact) mass is 330 g/mol. The van der Waals surface area contributed by atoms with Crippen molar-refractivity contribution in [3.8, 4) is 0 Å². The van der Waals surface area contributed by atoms with Crippen molar-refractivity contribution in [3.05, 3.63) is 47.9 Å². The third kappa shape index (κ3) is 3.29. The largest absolute Gasteiger partial charge is 0.481 e. The Morgan fingerprint density at radius 3 is 2.75 bits per heavy atom. The van der Waals surface area contributed by atoms with E-state index in [4.69, 9.17) is 5.73 Å². The second-order valence-electron chi connectivity index (χ2n) is 6.19. The van der Waals surface area contributed by atoms with Crippen molar-refractivity contribution in [1.29, 1.82) is 0 Å². The van der Waals surface area contributed by atoms with Crippen molar-refractivity contribution in [2.45, 2.75) is 19.3 Å². The SMILES string of the molecule is Nc1nccc(N2CCC[C@](Cc3ccc(F)cc3)(C(=O)O)C2)n1. The van der Waals surface area contributed by atoms with Gasteiger partial charge in [-0.2, -0.15) is 4.98 Å². The molecule has 0 unspecified atom stereocenters. The Kier molecular flexibility index (Phi) is 4.33. The zero-order valence-corrected chi connectivity index (χ0v) is 13.2. The van der Waals surface area contributed by atoms with Crippen molar-refractivity contribution < 1.29 is 14.3 Å². The van der Waals surface area contributed by atoms with Gasteiger partial charge < -0.3 is 15.7 Å². The van der Waals surface area contributed by atoms with Gasteiger partial charge in [0.05, 0.1) is 5.41 Å². The van der Waals surface area contributed by atoms with E-state index in [0.717, 1.165) is 18.5 Å². The zero-order valence-electron chi connectivity index (χ0n) is 13.2. The highest BCUT2D eigenvalue weighted by molar-refractivity contribution is 5.76. The molecule has 1 saturated heterocycles. The van der Waals surface area contributed by atoms with Crippen molar-refractivity contribution in [3.63, 3.8) is 0 Å². The fourth-order valence-corrected chi connectivity index (χ4v) is 3.25. The molecule has 24 heavy (non-hydrogen) atoms. The minimum atomic E-state index is -0.935. The second kappa shape index (κ2) is 6.43. The molecule has 1 atom stereocenters. The van der Waals surface area contributed by atoms with Gasteiger partial charge in [0.1, 0.15) is 11.6 Å². The molecule has 126 valence electrons. The van der Waals surface area contributed by atoms with E-state index in [0.29, 0.717) is 25.2 Å². The predicted molar refractivity (Wildman–Crippen MR) is 88.1 cm³/mol. The number of carboxylic acid groups (broad SMARTS) is 1. The van der Waals surface area contributed by atoms with Gasteiger partial charge >= 0.3 is 5.97 Å². The van der Waals surface area contributed by atoms with Gasteiger partial charge in [0.15, 0.2) is 0 Å². The van der Waals surface area contributed by atoms with Crippen LogP contribution in [0, 0.1) is 11.2 Å². The summed E-state index contributed by atoms with van der Waals surface area (Å²) in [6.07, 6.45) is 3.21. The number of halogens is 1. The minimum absolute atomic E-state index is 0.164. The summed E-state index contributed by atoms with van der Waals surface area (Å²) in [6, 6.07) is 7.72. The number of carbonyl (C=O) groups is 1. The van der Waals surface area contributed by atoms with E-state index in [2.05, 4.69) is 9.97 Å². The third-order valence-electron chi connectivity index (χ3n) is 4.47. The van der Waals surface area contributed by atoms with Crippen molar-refractivity contribution >= 4 is 17.7 Å². The Bertz CT molecular complexity index is 738. The van der Waals surface area contributed by atoms with E-state index in [1.165, 1.54) is 12.1 Å². The standard InChI is InChI=1S/C17H19FN4O2/c18-13-4-2-12(3-5-13)10-17(15(23)24)7-1-9-22(11-17)14-6-8-20-16(19)21-14/h2-6,8H,1,7,9-11H2,(H,23,24)(H2,19,20,21)/t17-/m1/s1. The molecule has 0 radical (unpaired) electrons. The van der Waals surface area contributed by atoms with Gasteiger partial charge in [0.2, 0.25) is 5.95 Å². The van der Waals surface area contributed by atoms with Gasteiger partial charge in [-0.05, 0) is 43.0 Å². The molecule has 2 heterocycles. The molecular formula is C17H19FN4O2. The van der Waals surface area contributed by atoms with E-state index in [1.807, 2.05) is 4.90 Å². The van der Waals surface area contributed by atoms with Gasteiger partial charge in [-0.15, -0.1) is 0 Å². The lowest BCUT2D eigenvalue weighted by Crippen LogP contribution is -2.49. The van der Waals surface area contributed by atoms with Crippen LogP contribution in [0.3, 0.4) is 0 Å². The number of aliphatic carboxylic acids is 1. The molecule has 1 fully saturated rings. The number of hydrogen-bond donors (Lipinski definition) is 2. The number of anilines is 2. The molecule has 3 rings (SSSR count). The number of nitrogens with two attached hydrogens (primary N) is 1. The van der Waals surface area contributed by atoms with Gasteiger partial charge in [-0.25, -0.2) is 9.37 Å². The highest BCUT2D eigenvalue weighted by atomic mass is 19.1. The maximum Gasteiger partial charge on any atom is 0.311 e. The molecule has 0 amide bonds. The summed E-state index contributed by atoms with van der Waals surface area (Å²) >= 11 is 0. The summed E-state index contributed by atoms with van der Waals surface area (Å²) < 4.78 is 13.1. The number of benzene rings is 1. The van der Waals surface area contributed by atoms with Crippen LogP contribution in [0.25, 0.3) is 0 Å². The molecule has 3 N–H and O–H groups in total. The van der Waals surface area contributed by atoms with Crippen LogP contribution in [0.15, 0.2) is 36.5 Å². The quantitative estimate of drug-likeness (QED) is 0.892. The van der Waals surface area contributed by atoms with Crippen LogP contribution in [0.5, 0.6) is 0 Å². The molecule has 0 spiro atoms. The van der Waals surface area contributed by atoms with Crippen molar-refractivity contribution in [2.24, 2.45) is 5.41 Å². The van der Waals surface area contributed by atoms with E-state index in [9.17, 15) is 14.3 Å². The number of rotatable bonds is 4. The summed E-state index contributed by atoms with van der Waals surface area (Å²) in [5.41, 5.74) is 5.50. The summed E-state index contributed by atoms with van der Waals surface area (Å²) in [4.78, 5) is 22.0. The maximum atomic E-state index is 13.1. The van der Waals surface area contributed by atoms with Gasteiger partial charge in [0, 0.05) is 19.3 Å². The molecule has 1 aliphatic rings. The van der Waals surface area contributed by atoms with E-state index in [-0.39, 0.29) is 11.8 Å². The Morgan fingerprint density at radius 1 is 1.33 bits per heavy atom. The fourth-order valence-electron chi connectivity index (χ4n) is 3.25. The van der Waals surface area contributed by atoms with Crippen LogP contribution in [-0.4, -0.2) is 34.1 Å². The molecule has 0 bridgehead atoms. The first-order valence-corrected chi connectivity index (χ1v) is 7.80. The van der Waals surface area contributed by atoms with Crippen LogP contribution in [0.4, 0.5) is 16.2 Å². The van der Waals surface area contributed by atoms with Gasteiger partial charge in [-0.1, -0.05) is 12.1 Å². The number of aromatic nitrogens is 2. The minimum Gasteiger partial charge on any atom is -0.481 e. The fraction of sp³-hybridized carbons (Fsp3) is 0.353. The first kappa shape index (κ1) is 16.2. The Morgan fingerprint density at radius 2 is 2.08 bits per heavy atom. The Labute approximate surface area is 139 Å². The number of nitrogens with zero attached hydrogens (tertiary/aromatic N) is 3.